The van der Waals surface area contributed by atoms with Gasteiger partial charge in [0.1, 0.15) is 11.8 Å². The molecule has 0 aromatic carbocycles. The molecule has 0 saturated carbocycles. The molecule has 0 bridgehead atoms. The van der Waals surface area contributed by atoms with Crippen LogP contribution in [0.5, 0.6) is 0 Å². The average Bonchev–Trinajstić information content (AvgIpc) is 2.85. The van der Waals surface area contributed by atoms with Crippen molar-refractivity contribution in [2.45, 2.75) is 45.7 Å². The average molecular weight is 282 g/mol. The zero-order chi connectivity index (χ0) is 15.1. The second kappa shape index (κ2) is 7.57. The molecule has 6 nitrogen and oxygen atoms in total. The van der Waals surface area contributed by atoms with Gasteiger partial charge in [0.15, 0.2) is 0 Å². The van der Waals surface area contributed by atoms with E-state index in [1.54, 1.807) is 20.1 Å². The highest BCUT2D eigenvalue weighted by molar-refractivity contribution is 5.82. The second-order valence-corrected chi connectivity index (χ2v) is 5.20. The Balaban J connectivity index is 2.35. The molecule has 3 N–H and O–H groups in total. The summed E-state index contributed by atoms with van der Waals surface area (Å²) in [7, 11) is 0. The van der Waals surface area contributed by atoms with Crippen LogP contribution < -0.4 is 10.6 Å². The van der Waals surface area contributed by atoms with E-state index in [1.807, 2.05) is 19.1 Å². The maximum absolute atomic E-state index is 11.7. The third-order valence-electron chi connectivity index (χ3n) is 3.00. The first-order chi connectivity index (χ1) is 9.40. The Labute approximate surface area is 118 Å². The minimum Gasteiger partial charge on any atom is -0.480 e. The Bertz CT molecular complexity index is 428. The minimum absolute atomic E-state index is 0.0679. The molecule has 0 aliphatic rings. The van der Waals surface area contributed by atoms with E-state index in [0.29, 0.717) is 0 Å². The Hall–Kier alpha value is -1.98. The van der Waals surface area contributed by atoms with Gasteiger partial charge >= 0.3 is 12.0 Å². The molecule has 0 aliphatic carbocycles. The molecule has 2 atom stereocenters. The lowest BCUT2D eigenvalue weighted by Gasteiger charge is -2.20. The summed E-state index contributed by atoms with van der Waals surface area (Å²) in [4.78, 5) is 22.7. The molecule has 20 heavy (non-hydrogen) atoms. The Morgan fingerprint density at radius 3 is 2.50 bits per heavy atom. The van der Waals surface area contributed by atoms with Crippen molar-refractivity contribution in [3.05, 3.63) is 24.2 Å². The first-order valence-electron chi connectivity index (χ1n) is 6.72. The molecule has 0 fully saturated rings. The largest absolute Gasteiger partial charge is 0.480 e. The van der Waals surface area contributed by atoms with E-state index >= 15 is 0 Å². The van der Waals surface area contributed by atoms with Gasteiger partial charge in [0.05, 0.1) is 6.26 Å². The van der Waals surface area contributed by atoms with Crippen molar-refractivity contribution < 1.29 is 19.1 Å². The van der Waals surface area contributed by atoms with Crippen LogP contribution in [0.4, 0.5) is 4.79 Å². The van der Waals surface area contributed by atoms with Crippen LogP contribution in [0.3, 0.4) is 0 Å². The summed E-state index contributed by atoms with van der Waals surface area (Å²) < 4.78 is 5.21. The summed E-state index contributed by atoms with van der Waals surface area (Å²) in [5.41, 5.74) is 0. The van der Waals surface area contributed by atoms with Crippen molar-refractivity contribution in [3.63, 3.8) is 0 Å². The Morgan fingerprint density at radius 2 is 2.00 bits per heavy atom. The van der Waals surface area contributed by atoms with E-state index in [1.165, 1.54) is 0 Å². The fourth-order valence-electron chi connectivity index (χ4n) is 1.81. The number of amides is 2. The summed E-state index contributed by atoms with van der Waals surface area (Å²) in [6.07, 6.45) is 3.06. The Kier molecular flexibility index (Phi) is 6.09. The van der Waals surface area contributed by atoms with Gasteiger partial charge in [-0.1, -0.05) is 13.8 Å². The first-order valence-corrected chi connectivity index (χ1v) is 6.72. The molecule has 112 valence electrons. The predicted molar refractivity (Wildman–Crippen MR) is 74.4 cm³/mol. The summed E-state index contributed by atoms with van der Waals surface area (Å²) in [6, 6.07) is 2.29. The van der Waals surface area contributed by atoms with E-state index in [0.717, 1.165) is 18.6 Å². The molecule has 2 amide bonds. The highest BCUT2D eigenvalue weighted by Crippen LogP contribution is 2.06. The maximum Gasteiger partial charge on any atom is 0.326 e. The van der Waals surface area contributed by atoms with Gasteiger partial charge < -0.3 is 20.2 Å². The van der Waals surface area contributed by atoms with Gasteiger partial charge in [-0.2, -0.15) is 0 Å². The first kappa shape index (κ1) is 16.1. The van der Waals surface area contributed by atoms with Gasteiger partial charge in [-0.3, -0.25) is 0 Å². The number of carboxylic acids is 1. The SMILES string of the molecule is CC(CCc1ccco1)NC(=O)N[C@@H](C(=O)O)C(C)C. The van der Waals surface area contributed by atoms with Gasteiger partial charge in [-0.25, -0.2) is 9.59 Å². The highest BCUT2D eigenvalue weighted by Gasteiger charge is 2.23. The molecular weight excluding hydrogens is 260 g/mol. The number of furan rings is 1. The van der Waals surface area contributed by atoms with E-state index in [-0.39, 0.29) is 12.0 Å². The third kappa shape index (κ3) is 5.34. The van der Waals surface area contributed by atoms with Gasteiger partial charge in [-0.05, 0) is 31.4 Å². The monoisotopic (exact) mass is 282 g/mol. The van der Waals surface area contributed by atoms with Crippen LogP contribution in [-0.4, -0.2) is 29.2 Å². The number of hydrogen-bond acceptors (Lipinski definition) is 3. The summed E-state index contributed by atoms with van der Waals surface area (Å²) in [6.45, 7) is 5.37. The lowest BCUT2D eigenvalue weighted by molar-refractivity contribution is -0.140. The molecule has 0 saturated heterocycles. The number of carboxylic acid groups (broad SMARTS) is 1. The van der Waals surface area contributed by atoms with E-state index in [2.05, 4.69) is 10.6 Å². The standard InChI is InChI=1S/C14H22N2O4/c1-9(2)12(13(17)18)16-14(19)15-10(3)6-7-11-5-4-8-20-11/h4-5,8-10,12H,6-7H2,1-3H3,(H,17,18)(H2,15,16,19)/t10?,12-/m1/s1. The van der Waals surface area contributed by atoms with Crippen molar-refractivity contribution in [3.8, 4) is 0 Å². The third-order valence-corrected chi connectivity index (χ3v) is 3.00. The fraction of sp³-hybridized carbons (Fsp3) is 0.571. The maximum atomic E-state index is 11.7. The van der Waals surface area contributed by atoms with Crippen molar-refractivity contribution in [1.82, 2.24) is 10.6 Å². The van der Waals surface area contributed by atoms with Gasteiger partial charge in [0.25, 0.3) is 0 Å². The number of hydrogen-bond donors (Lipinski definition) is 3. The van der Waals surface area contributed by atoms with Crippen LogP contribution in [-0.2, 0) is 11.2 Å². The van der Waals surface area contributed by atoms with Crippen LogP contribution in [0, 0.1) is 5.92 Å². The molecule has 0 aliphatic heterocycles. The van der Waals surface area contributed by atoms with Crippen molar-refractivity contribution in [2.24, 2.45) is 5.92 Å². The van der Waals surface area contributed by atoms with Gasteiger partial charge in [0, 0.05) is 12.5 Å². The molecule has 1 aromatic rings. The van der Waals surface area contributed by atoms with E-state index < -0.39 is 18.0 Å². The minimum atomic E-state index is -1.03. The molecule has 0 spiro atoms. The number of urea groups is 1. The normalized spacial score (nSPS) is 13.8. The van der Waals surface area contributed by atoms with Crippen molar-refractivity contribution in [2.75, 3.05) is 0 Å². The van der Waals surface area contributed by atoms with Crippen LogP contribution in [0.25, 0.3) is 0 Å². The molecular formula is C14H22N2O4. The summed E-state index contributed by atoms with van der Waals surface area (Å²) in [5, 5.41) is 14.2. The fourth-order valence-corrected chi connectivity index (χ4v) is 1.81. The zero-order valence-corrected chi connectivity index (χ0v) is 12.1. The van der Waals surface area contributed by atoms with Crippen LogP contribution in [0.15, 0.2) is 22.8 Å². The van der Waals surface area contributed by atoms with E-state index in [9.17, 15) is 9.59 Å². The Morgan fingerprint density at radius 1 is 1.30 bits per heavy atom. The lowest BCUT2D eigenvalue weighted by Crippen LogP contribution is -2.50. The number of rotatable bonds is 7. The van der Waals surface area contributed by atoms with Gasteiger partial charge in [-0.15, -0.1) is 0 Å². The number of carbonyl (C=O) groups is 2. The molecule has 1 rings (SSSR count). The second-order valence-electron chi connectivity index (χ2n) is 5.20. The molecule has 1 heterocycles. The molecule has 1 aromatic heterocycles. The van der Waals surface area contributed by atoms with Crippen molar-refractivity contribution >= 4 is 12.0 Å². The van der Waals surface area contributed by atoms with Crippen LogP contribution >= 0.6 is 0 Å². The zero-order valence-electron chi connectivity index (χ0n) is 12.1. The van der Waals surface area contributed by atoms with Crippen LogP contribution in [0.1, 0.15) is 33.0 Å². The molecule has 0 radical (unpaired) electrons. The number of carbonyl (C=O) groups excluding carboxylic acids is 1. The smallest absolute Gasteiger partial charge is 0.326 e. The van der Waals surface area contributed by atoms with Crippen LogP contribution in [0.2, 0.25) is 0 Å². The lowest BCUT2D eigenvalue weighted by atomic mass is 10.1. The number of aliphatic carboxylic acids is 1. The number of aryl methyl sites for hydroxylation is 1. The summed E-state index contributed by atoms with van der Waals surface area (Å²) in [5.74, 6) is -0.334. The molecule has 1 unspecified atom stereocenters. The molecule has 6 heteroatoms. The highest BCUT2D eigenvalue weighted by atomic mass is 16.4. The quantitative estimate of drug-likeness (QED) is 0.713. The summed E-state index contributed by atoms with van der Waals surface area (Å²) >= 11 is 0. The predicted octanol–water partition coefficient (Wildman–Crippen LogP) is 2.01. The van der Waals surface area contributed by atoms with E-state index in [4.69, 9.17) is 9.52 Å². The number of nitrogens with one attached hydrogen (secondary N) is 2. The topological polar surface area (TPSA) is 91.6 Å². The van der Waals surface area contributed by atoms with Crippen molar-refractivity contribution in [1.29, 1.82) is 0 Å². The van der Waals surface area contributed by atoms with Gasteiger partial charge in [0.2, 0.25) is 0 Å².